The zero-order valence-electron chi connectivity index (χ0n) is 21.2. The average Bonchev–Trinajstić information content (AvgIpc) is 3.41. The van der Waals surface area contributed by atoms with Crippen LogP contribution < -0.4 is 9.62 Å². The highest BCUT2D eigenvalue weighted by molar-refractivity contribution is 7.92. The van der Waals surface area contributed by atoms with Gasteiger partial charge in [-0.05, 0) is 37.5 Å². The second-order valence-electron chi connectivity index (χ2n) is 9.53. The molecule has 0 amide bonds. The fourth-order valence-electron chi connectivity index (χ4n) is 5.00. The van der Waals surface area contributed by atoms with Gasteiger partial charge in [0.15, 0.2) is 11.6 Å². The summed E-state index contributed by atoms with van der Waals surface area (Å²) < 4.78 is 62.7. The van der Waals surface area contributed by atoms with Crippen molar-refractivity contribution in [2.24, 2.45) is 0 Å². The SMILES string of the molecule is CCCS(=O)(=O)Nc1ccc(F)c(-n2cc(-c3cncc(N4CCC(N5CCOCC5)CC4)c3)nn2)c1F. The summed E-state index contributed by atoms with van der Waals surface area (Å²) in [4.78, 5) is 9.15. The molecule has 2 aliphatic heterocycles. The summed E-state index contributed by atoms with van der Waals surface area (Å²) in [5.74, 6) is -2.15. The number of aromatic nitrogens is 4. The lowest BCUT2D eigenvalue weighted by molar-refractivity contribution is 0.0115. The van der Waals surface area contributed by atoms with E-state index in [4.69, 9.17) is 4.74 Å². The number of anilines is 2. The van der Waals surface area contributed by atoms with Crippen LogP contribution in [0.25, 0.3) is 16.9 Å². The van der Waals surface area contributed by atoms with E-state index in [2.05, 4.69) is 29.8 Å². The minimum atomic E-state index is -3.76. The zero-order valence-corrected chi connectivity index (χ0v) is 22.0. The third kappa shape index (κ3) is 5.79. The predicted molar refractivity (Wildman–Crippen MR) is 140 cm³/mol. The maximum absolute atomic E-state index is 15.2. The zero-order chi connectivity index (χ0) is 26.7. The number of halogens is 2. The Kier molecular flexibility index (Phi) is 7.86. The lowest BCUT2D eigenvalue weighted by Gasteiger charge is -2.40. The molecule has 0 aliphatic carbocycles. The highest BCUT2D eigenvalue weighted by atomic mass is 32.2. The number of nitrogens with one attached hydrogen (secondary N) is 1. The van der Waals surface area contributed by atoms with Crippen LogP contribution in [0.3, 0.4) is 0 Å². The Morgan fingerprint density at radius 3 is 2.61 bits per heavy atom. The molecule has 5 rings (SSSR count). The molecule has 2 aliphatic rings. The fourth-order valence-corrected chi connectivity index (χ4v) is 6.13. The first-order chi connectivity index (χ1) is 18.3. The van der Waals surface area contributed by atoms with Gasteiger partial charge in [-0.1, -0.05) is 12.1 Å². The van der Waals surface area contributed by atoms with Crippen molar-refractivity contribution in [3.8, 4) is 16.9 Å². The van der Waals surface area contributed by atoms with E-state index in [0.29, 0.717) is 23.7 Å². The molecule has 2 fully saturated rings. The lowest BCUT2D eigenvalue weighted by atomic mass is 10.0. The monoisotopic (exact) mass is 547 g/mol. The summed E-state index contributed by atoms with van der Waals surface area (Å²) in [5, 5.41) is 8.02. The van der Waals surface area contributed by atoms with Gasteiger partial charge in [0.05, 0.1) is 42.7 Å². The van der Waals surface area contributed by atoms with Gasteiger partial charge in [0, 0.05) is 44.0 Å². The Hall–Kier alpha value is -3.16. The van der Waals surface area contributed by atoms with Crippen LogP contribution in [0.4, 0.5) is 20.2 Å². The highest BCUT2D eigenvalue weighted by Crippen LogP contribution is 2.29. The molecular formula is C25H31F2N7O3S. The van der Waals surface area contributed by atoms with E-state index in [-0.39, 0.29) is 11.4 Å². The number of benzene rings is 1. The minimum Gasteiger partial charge on any atom is -0.379 e. The van der Waals surface area contributed by atoms with Crippen LogP contribution in [0.2, 0.25) is 0 Å². The summed E-state index contributed by atoms with van der Waals surface area (Å²) >= 11 is 0. The molecule has 4 heterocycles. The average molecular weight is 548 g/mol. The quantitative estimate of drug-likeness (QED) is 0.459. The first kappa shape index (κ1) is 26.4. The predicted octanol–water partition coefficient (Wildman–Crippen LogP) is 3.06. The summed E-state index contributed by atoms with van der Waals surface area (Å²) in [5.41, 5.74) is 1.12. The number of hydrogen-bond acceptors (Lipinski definition) is 8. The van der Waals surface area contributed by atoms with Gasteiger partial charge >= 0.3 is 0 Å². The Morgan fingerprint density at radius 2 is 1.87 bits per heavy atom. The molecule has 10 nitrogen and oxygen atoms in total. The second-order valence-corrected chi connectivity index (χ2v) is 11.4. The largest absolute Gasteiger partial charge is 0.379 e. The van der Waals surface area contributed by atoms with Crippen molar-refractivity contribution in [2.75, 3.05) is 54.8 Å². The maximum Gasteiger partial charge on any atom is 0.232 e. The summed E-state index contributed by atoms with van der Waals surface area (Å²) in [7, 11) is -3.76. The minimum absolute atomic E-state index is 0.180. The standard InChI is InChI=1S/C25H31F2N7O3S/c1-2-13-38(35,36)30-22-4-3-21(26)25(24(22)27)34-17-23(29-31-34)18-14-20(16-28-15-18)32-7-5-19(6-8-32)33-9-11-37-12-10-33/h3-4,14-17,19,30H,2,5-13H2,1H3. The molecule has 38 heavy (non-hydrogen) atoms. The Balaban J connectivity index is 1.33. The van der Waals surface area contributed by atoms with E-state index in [1.54, 1.807) is 19.3 Å². The number of morpholine rings is 1. The third-order valence-electron chi connectivity index (χ3n) is 6.94. The number of rotatable bonds is 8. The summed E-state index contributed by atoms with van der Waals surface area (Å²) in [6.45, 7) is 7.03. The van der Waals surface area contributed by atoms with Crippen molar-refractivity contribution < 1.29 is 21.9 Å². The fraction of sp³-hybridized carbons (Fsp3) is 0.480. The van der Waals surface area contributed by atoms with Crippen molar-refractivity contribution in [1.82, 2.24) is 24.9 Å². The summed E-state index contributed by atoms with van der Waals surface area (Å²) in [6, 6.07) is 4.54. The highest BCUT2D eigenvalue weighted by Gasteiger charge is 2.26. The normalized spacial score (nSPS) is 17.6. The smallest absolute Gasteiger partial charge is 0.232 e. The van der Waals surface area contributed by atoms with E-state index >= 15 is 4.39 Å². The topological polar surface area (TPSA) is 105 Å². The van der Waals surface area contributed by atoms with Crippen LogP contribution >= 0.6 is 0 Å². The van der Waals surface area contributed by atoms with Crippen molar-refractivity contribution in [3.63, 3.8) is 0 Å². The van der Waals surface area contributed by atoms with Gasteiger partial charge in [0.2, 0.25) is 10.0 Å². The lowest BCUT2D eigenvalue weighted by Crippen LogP contribution is -2.49. The number of piperidine rings is 1. The Labute approximate surface area is 220 Å². The van der Waals surface area contributed by atoms with E-state index in [0.717, 1.165) is 74.7 Å². The maximum atomic E-state index is 15.2. The van der Waals surface area contributed by atoms with Crippen LogP contribution in [0, 0.1) is 11.6 Å². The van der Waals surface area contributed by atoms with E-state index in [1.807, 2.05) is 6.07 Å². The van der Waals surface area contributed by atoms with Crippen molar-refractivity contribution in [1.29, 1.82) is 0 Å². The van der Waals surface area contributed by atoms with Crippen LogP contribution in [-0.2, 0) is 14.8 Å². The Bertz CT molecular complexity index is 1370. The molecule has 0 spiro atoms. The molecule has 2 saturated heterocycles. The van der Waals surface area contributed by atoms with Gasteiger partial charge in [-0.3, -0.25) is 14.6 Å². The molecule has 1 N–H and O–H groups in total. The number of ether oxygens (including phenoxy) is 1. The molecule has 0 atom stereocenters. The van der Waals surface area contributed by atoms with Gasteiger partial charge in [0.25, 0.3) is 0 Å². The van der Waals surface area contributed by atoms with Crippen LogP contribution in [-0.4, -0.2) is 84.5 Å². The molecular weight excluding hydrogens is 516 g/mol. The van der Waals surface area contributed by atoms with E-state index < -0.39 is 27.3 Å². The van der Waals surface area contributed by atoms with Crippen LogP contribution in [0.15, 0.2) is 36.8 Å². The van der Waals surface area contributed by atoms with Gasteiger partial charge in [-0.25, -0.2) is 21.9 Å². The Morgan fingerprint density at radius 1 is 1.11 bits per heavy atom. The summed E-state index contributed by atoms with van der Waals surface area (Å²) in [6.07, 6.45) is 7.29. The van der Waals surface area contributed by atoms with Gasteiger partial charge in [-0.15, -0.1) is 5.10 Å². The number of nitrogens with zero attached hydrogens (tertiary/aromatic N) is 6. The number of pyridine rings is 1. The van der Waals surface area contributed by atoms with Crippen molar-refractivity contribution in [3.05, 3.63) is 48.4 Å². The molecule has 13 heteroatoms. The second kappa shape index (κ2) is 11.3. The number of sulfonamides is 1. The molecule has 0 bridgehead atoms. The van der Waals surface area contributed by atoms with Crippen LogP contribution in [0.1, 0.15) is 26.2 Å². The first-order valence-corrected chi connectivity index (χ1v) is 14.4. The van der Waals surface area contributed by atoms with Crippen molar-refractivity contribution in [2.45, 2.75) is 32.2 Å². The first-order valence-electron chi connectivity index (χ1n) is 12.8. The van der Waals surface area contributed by atoms with Gasteiger partial charge in [-0.2, -0.15) is 0 Å². The van der Waals surface area contributed by atoms with Crippen molar-refractivity contribution >= 4 is 21.4 Å². The molecule has 0 unspecified atom stereocenters. The molecule has 204 valence electrons. The molecule has 0 radical (unpaired) electrons. The molecule has 1 aromatic carbocycles. The van der Waals surface area contributed by atoms with E-state index in [9.17, 15) is 12.8 Å². The van der Waals surface area contributed by atoms with Crippen LogP contribution in [0.5, 0.6) is 0 Å². The van der Waals surface area contributed by atoms with Gasteiger partial charge in [0.1, 0.15) is 11.4 Å². The molecule has 0 saturated carbocycles. The van der Waals surface area contributed by atoms with Gasteiger partial charge < -0.3 is 9.64 Å². The molecule has 3 aromatic rings. The number of hydrogen-bond donors (Lipinski definition) is 1. The molecule has 2 aromatic heterocycles. The van der Waals surface area contributed by atoms with E-state index in [1.165, 1.54) is 6.20 Å². The third-order valence-corrected chi connectivity index (χ3v) is 8.42.